The maximum Gasteiger partial charge on any atom is 0.253 e. The highest BCUT2D eigenvalue weighted by molar-refractivity contribution is 5.96. The minimum absolute atomic E-state index is 0.0298. The summed E-state index contributed by atoms with van der Waals surface area (Å²) in [5, 5.41) is 2.93. The van der Waals surface area contributed by atoms with E-state index in [1.54, 1.807) is 38.4 Å². The Bertz CT molecular complexity index is 779. The van der Waals surface area contributed by atoms with Crippen LogP contribution < -0.4 is 5.32 Å². The topological polar surface area (TPSA) is 57.6 Å². The highest BCUT2D eigenvalue weighted by atomic mass is 16.2. The first-order valence-electron chi connectivity index (χ1n) is 8.92. The van der Waals surface area contributed by atoms with Gasteiger partial charge in [0.05, 0.1) is 12.6 Å². The van der Waals surface area contributed by atoms with Crippen LogP contribution in [0.5, 0.6) is 0 Å². The number of amides is 2. The van der Waals surface area contributed by atoms with Crippen molar-refractivity contribution < 1.29 is 9.59 Å². The fraction of sp³-hybridized carbons (Fsp3) is 0.400. The van der Waals surface area contributed by atoms with Gasteiger partial charge in [-0.3, -0.25) is 14.5 Å². The molecule has 0 saturated carbocycles. The predicted octanol–water partition coefficient (Wildman–Crippen LogP) is 2.50. The molecule has 0 aliphatic carbocycles. The van der Waals surface area contributed by atoms with Crippen LogP contribution in [0, 0.1) is 0 Å². The summed E-state index contributed by atoms with van der Waals surface area (Å²) in [6, 6.07) is 11.5. The molecule has 3 rings (SSSR count). The minimum atomic E-state index is -0.0506. The maximum absolute atomic E-state index is 12.5. The Hall–Kier alpha value is -2.60. The van der Waals surface area contributed by atoms with Crippen LogP contribution in [0.25, 0.3) is 0 Å². The van der Waals surface area contributed by atoms with Gasteiger partial charge in [-0.15, -0.1) is 0 Å². The van der Waals surface area contributed by atoms with E-state index in [-0.39, 0.29) is 11.8 Å². The average molecular weight is 354 g/mol. The van der Waals surface area contributed by atoms with Gasteiger partial charge in [-0.2, -0.15) is 0 Å². The number of likely N-dealkylation sites (tertiary alicyclic amines) is 1. The molecule has 2 aromatic rings. The van der Waals surface area contributed by atoms with E-state index in [0.717, 1.165) is 19.4 Å². The second-order valence-corrected chi connectivity index (χ2v) is 7.00. The normalized spacial score (nSPS) is 17.3. The van der Waals surface area contributed by atoms with Gasteiger partial charge in [-0.25, -0.2) is 0 Å². The van der Waals surface area contributed by atoms with Crippen molar-refractivity contribution in [2.45, 2.75) is 18.9 Å². The van der Waals surface area contributed by atoms with E-state index >= 15 is 0 Å². The molecule has 1 aliphatic heterocycles. The first-order valence-corrected chi connectivity index (χ1v) is 8.92. The Kier molecular flexibility index (Phi) is 5.42. The van der Waals surface area contributed by atoms with E-state index in [9.17, 15) is 9.59 Å². The summed E-state index contributed by atoms with van der Waals surface area (Å²) in [6.45, 7) is 1.30. The van der Waals surface area contributed by atoms with Gasteiger partial charge in [-0.1, -0.05) is 0 Å². The summed E-state index contributed by atoms with van der Waals surface area (Å²) < 4.78 is 2.13. The second-order valence-electron chi connectivity index (χ2n) is 7.00. The van der Waals surface area contributed by atoms with Crippen LogP contribution in [0.1, 0.15) is 34.9 Å². The molecule has 1 fully saturated rings. The number of aromatic nitrogens is 1. The summed E-state index contributed by atoms with van der Waals surface area (Å²) in [5.41, 5.74) is 2.57. The summed E-state index contributed by atoms with van der Waals surface area (Å²) >= 11 is 0. The summed E-state index contributed by atoms with van der Waals surface area (Å²) in [7, 11) is 5.48. The first-order chi connectivity index (χ1) is 12.5. The second kappa shape index (κ2) is 7.74. The molecule has 26 heavy (non-hydrogen) atoms. The van der Waals surface area contributed by atoms with Gasteiger partial charge in [0, 0.05) is 44.3 Å². The lowest BCUT2D eigenvalue weighted by atomic mass is 10.1. The first kappa shape index (κ1) is 18.2. The maximum atomic E-state index is 12.5. The van der Waals surface area contributed by atoms with Crippen molar-refractivity contribution in [3.63, 3.8) is 0 Å². The molecule has 2 amide bonds. The third-order valence-corrected chi connectivity index (χ3v) is 4.86. The largest absolute Gasteiger partial charge is 0.353 e. The highest BCUT2D eigenvalue weighted by Gasteiger charge is 2.28. The third kappa shape index (κ3) is 3.96. The molecule has 6 nitrogen and oxygen atoms in total. The molecule has 1 N–H and O–H groups in total. The lowest BCUT2D eigenvalue weighted by molar-refractivity contribution is -0.117. The Balaban J connectivity index is 1.60. The van der Waals surface area contributed by atoms with E-state index in [1.165, 1.54) is 10.6 Å². The number of nitrogens with zero attached hydrogens (tertiary/aromatic N) is 3. The Morgan fingerprint density at radius 1 is 1.19 bits per heavy atom. The molecular weight excluding hydrogens is 328 g/mol. The molecule has 0 radical (unpaired) electrons. The number of carbonyl (C=O) groups excluding carboxylic acids is 2. The van der Waals surface area contributed by atoms with E-state index in [4.69, 9.17) is 0 Å². The summed E-state index contributed by atoms with van der Waals surface area (Å²) in [4.78, 5) is 28.1. The zero-order valence-corrected chi connectivity index (χ0v) is 15.6. The van der Waals surface area contributed by atoms with E-state index in [0.29, 0.717) is 23.8 Å². The van der Waals surface area contributed by atoms with Crippen molar-refractivity contribution in [1.29, 1.82) is 0 Å². The quantitative estimate of drug-likeness (QED) is 0.898. The van der Waals surface area contributed by atoms with Crippen molar-refractivity contribution >= 4 is 17.5 Å². The van der Waals surface area contributed by atoms with Crippen LogP contribution in [-0.4, -0.2) is 53.4 Å². The van der Waals surface area contributed by atoms with Gasteiger partial charge in [0.15, 0.2) is 0 Å². The zero-order valence-electron chi connectivity index (χ0n) is 15.6. The molecule has 1 aromatic heterocycles. The van der Waals surface area contributed by atoms with E-state index < -0.39 is 0 Å². The minimum Gasteiger partial charge on any atom is -0.353 e. The molecule has 6 heteroatoms. The SMILES string of the molecule is CN(C)C(=O)c1ccc(NC(=O)CN2CCC[C@H]2c2cccn2C)cc1. The van der Waals surface area contributed by atoms with Crippen LogP contribution >= 0.6 is 0 Å². The van der Waals surface area contributed by atoms with Crippen LogP contribution in [0.15, 0.2) is 42.6 Å². The van der Waals surface area contributed by atoms with Gasteiger partial charge in [0.25, 0.3) is 5.91 Å². The van der Waals surface area contributed by atoms with Gasteiger partial charge >= 0.3 is 0 Å². The van der Waals surface area contributed by atoms with Crippen molar-refractivity contribution in [1.82, 2.24) is 14.4 Å². The number of nitrogens with one attached hydrogen (secondary N) is 1. The number of aryl methyl sites for hydroxylation is 1. The van der Waals surface area contributed by atoms with Crippen LogP contribution in [0.4, 0.5) is 5.69 Å². The van der Waals surface area contributed by atoms with Gasteiger partial charge in [-0.05, 0) is 55.8 Å². The molecule has 1 aromatic carbocycles. The molecule has 138 valence electrons. The van der Waals surface area contributed by atoms with Crippen molar-refractivity contribution in [3.8, 4) is 0 Å². The smallest absolute Gasteiger partial charge is 0.253 e. The van der Waals surface area contributed by atoms with Gasteiger partial charge in [0.2, 0.25) is 5.91 Å². The number of carbonyl (C=O) groups is 2. The standard InChI is InChI=1S/C20H26N4O2/c1-22(2)20(26)15-8-10-16(11-9-15)21-19(25)14-24-13-5-7-18(24)17-6-4-12-23(17)3/h4,6,8-12,18H,5,7,13-14H2,1-3H3,(H,21,25)/t18-/m0/s1. The molecule has 1 atom stereocenters. The van der Waals surface area contributed by atoms with Crippen LogP contribution in [0.3, 0.4) is 0 Å². The number of rotatable bonds is 5. The van der Waals surface area contributed by atoms with Crippen molar-refractivity contribution in [2.24, 2.45) is 7.05 Å². The van der Waals surface area contributed by atoms with Crippen molar-refractivity contribution in [2.75, 3.05) is 32.5 Å². The number of anilines is 1. The average Bonchev–Trinajstić information content (AvgIpc) is 3.23. The highest BCUT2D eigenvalue weighted by Crippen LogP contribution is 2.31. The molecule has 0 spiro atoms. The molecule has 2 heterocycles. The van der Waals surface area contributed by atoms with Gasteiger partial charge < -0.3 is 14.8 Å². The van der Waals surface area contributed by atoms with Crippen LogP contribution in [-0.2, 0) is 11.8 Å². The molecule has 0 bridgehead atoms. The molecule has 1 saturated heterocycles. The molecule has 1 aliphatic rings. The molecular formula is C20H26N4O2. The lowest BCUT2D eigenvalue weighted by Gasteiger charge is -2.24. The van der Waals surface area contributed by atoms with Crippen molar-refractivity contribution in [3.05, 3.63) is 53.9 Å². The number of benzene rings is 1. The fourth-order valence-electron chi connectivity index (χ4n) is 3.51. The number of hydrogen-bond donors (Lipinski definition) is 1. The Morgan fingerprint density at radius 3 is 2.54 bits per heavy atom. The summed E-state index contributed by atoms with van der Waals surface area (Å²) in [6.07, 6.45) is 4.22. The number of hydrogen-bond acceptors (Lipinski definition) is 3. The fourth-order valence-corrected chi connectivity index (χ4v) is 3.51. The van der Waals surface area contributed by atoms with E-state index in [2.05, 4.69) is 20.9 Å². The predicted molar refractivity (Wildman–Crippen MR) is 102 cm³/mol. The lowest BCUT2D eigenvalue weighted by Crippen LogP contribution is -2.33. The van der Waals surface area contributed by atoms with Crippen LogP contribution in [0.2, 0.25) is 0 Å². The summed E-state index contributed by atoms with van der Waals surface area (Å²) in [5.74, 6) is -0.0804. The molecule has 0 unspecified atom stereocenters. The van der Waals surface area contributed by atoms with E-state index in [1.807, 2.05) is 19.3 Å². The Morgan fingerprint density at radius 2 is 1.92 bits per heavy atom. The monoisotopic (exact) mass is 354 g/mol. The third-order valence-electron chi connectivity index (χ3n) is 4.86. The zero-order chi connectivity index (χ0) is 18.7. The van der Waals surface area contributed by atoms with Gasteiger partial charge in [0.1, 0.15) is 0 Å². The Labute approximate surface area is 154 Å².